The molecule has 1 aromatic rings. The first-order valence-electron chi connectivity index (χ1n) is 5.94. The summed E-state index contributed by atoms with van der Waals surface area (Å²) in [5, 5.41) is 10.0. The molecule has 0 radical (unpaired) electrons. The van der Waals surface area contributed by atoms with Gasteiger partial charge in [-0.3, -0.25) is 0 Å². The number of rotatable bonds is 4. The number of alkyl halides is 7. The van der Waals surface area contributed by atoms with E-state index in [1.54, 1.807) is 0 Å². The van der Waals surface area contributed by atoms with Crippen LogP contribution in [0.2, 0.25) is 0 Å². The van der Waals surface area contributed by atoms with E-state index in [0.717, 1.165) is 13.2 Å². The average Bonchev–Trinajstić information content (AvgIpc) is 2.35. The molecule has 1 rings (SSSR count). The van der Waals surface area contributed by atoms with Gasteiger partial charge in [-0.25, -0.2) is 4.39 Å². The Morgan fingerprint density at radius 3 is 1.82 bits per heavy atom. The second-order valence-electron chi connectivity index (χ2n) is 4.95. The molecule has 0 bridgehead atoms. The Morgan fingerprint density at radius 2 is 1.41 bits per heavy atom. The second kappa shape index (κ2) is 5.60. The zero-order chi connectivity index (χ0) is 17.4. The van der Waals surface area contributed by atoms with E-state index in [0.29, 0.717) is 6.92 Å². The van der Waals surface area contributed by atoms with Gasteiger partial charge in [-0.1, -0.05) is 18.2 Å². The van der Waals surface area contributed by atoms with Crippen LogP contribution in [0.3, 0.4) is 0 Å². The van der Waals surface area contributed by atoms with E-state index in [4.69, 9.17) is 4.74 Å². The molecule has 2 nitrogen and oxygen atoms in total. The molecule has 0 aliphatic rings. The lowest BCUT2D eigenvalue weighted by atomic mass is 9.83. The van der Waals surface area contributed by atoms with E-state index in [2.05, 4.69) is 0 Å². The molecule has 1 aromatic carbocycles. The highest BCUT2D eigenvalue weighted by Crippen LogP contribution is 2.52. The van der Waals surface area contributed by atoms with Crippen molar-refractivity contribution in [3.8, 4) is 5.75 Å². The van der Waals surface area contributed by atoms with Crippen molar-refractivity contribution in [2.24, 2.45) is 0 Å². The third-order valence-corrected chi connectivity index (χ3v) is 3.17. The quantitative estimate of drug-likeness (QED) is 0.839. The number of ether oxygens (including phenoxy) is 1. The lowest BCUT2D eigenvalue weighted by Crippen LogP contribution is -2.56. The minimum atomic E-state index is -6.22. The molecule has 0 saturated heterocycles. The number of para-hydroxylation sites is 1. The van der Waals surface area contributed by atoms with Crippen LogP contribution in [0.1, 0.15) is 18.9 Å². The Hall–Kier alpha value is -1.51. The van der Waals surface area contributed by atoms with Gasteiger partial charge in [-0.2, -0.15) is 26.3 Å². The summed E-state index contributed by atoms with van der Waals surface area (Å²) in [4.78, 5) is 0. The SMILES string of the molecule is COc1ccccc1C(C)(O)CC(F)(C(F)(F)F)C(F)(F)F. The van der Waals surface area contributed by atoms with Crippen molar-refractivity contribution in [3.63, 3.8) is 0 Å². The van der Waals surface area contributed by atoms with E-state index in [1.807, 2.05) is 0 Å². The summed E-state index contributed by atoms with van der Waals surface area (Å²) in [6.45, 7) is 0.663. The van der Waals surface area contributed by atoms with Crippen LogP contribution in [0.4, 0.5) is 30.7 Å². The van der Waals surface area contributed by atoms with Crippen molar-refractivity contribution in [3.05, 3.63) is 29.8 Å². The van der Waals surface area contributed by atoms with Crippen LogP contribution in [-0.2, 0) is 5.60 Å². The monoisotopic (exact) mass is 334 g/mol. The molecule has 9 heteroatoms. The van der Waals surface area contributed by atoms with Gasteiger partial charge in [0, 0.05) is 12.0 Å². The van der Waals surface area contributed by atoms with E-state index < -0.39 is 30.0 Å². The summed E-state index contributed by atoms with van der Waals surface area (Å²) in [5.41, 5.74) is -8.69. The maximum absolute atomic E-state index is 13.8. The number of benzene rings is 1. The summed E-state index contributed by atoms with van der Waals surface area (Å²) in [6.07, 6.45) is -14.7. The second-order valence-corrected chi connectivity index (χ2v) is 4.95. The van der Waals surface area contributed by atoms with Crippen LogP contribution in [-0.4, -0.2) is 30.2 Å². The molecule has 0 aromatic heterocycles. The fraction of sp³-hybridized carbons (Fsp3) is 0.538. The fourth-order valence-corrected chi connectivity index (χ4v) is 2.02. The van der Waals surface area contributed by atoms with Crippen molar-refractivity contribution < 1.29 is 40.6 Å². The number of halogens is 7. The van der Waals surface area contributed by atoms with Crippen LogP contribution in [0.15, 0.2) is 24.3 Å². The highest BCUT2D eigenvalue weighted by Gasteiger charge is 2.73. The van der Waals surface area contributed by atoms with Gasteiger partial charge in [-0.15, -0.1) is 0 Å². The lowest BCUT2D eigenvalue weighted by Gasteiger charge is -2.36. The molecule has 126 valence electrons. The highest BCUT2D eigenvalue weighted by atomic mass is 19.4. The van der Waals surface area contributed by atoms with Gasteiger partial charge in [0.2, 0.25) is 0 Å². The van der Waals surface area contributed by atoms with Crippen molar-refractivity contribution in [1.82, 2.24) is 0 Å². The summed E-state index contributed by atoms with van der Waals surface area (Å²) >= 11 is 0. The predicted molar refractivity (Wildman–Crippen MR) is 63.1 cm³/mol. The largest absolute Gasteiger partial charge is 0.496 e. The van der Waals surface area contributed by atoms with Crippen molar-refractivity contribution in [1.29, 1.82) is 0 Å². The third-order valence-electron chi connectivity index (χ3n) is 3.17. The smallest absolute Gasteiger partial charge is 0.431 e. The van der Waals surface area contributed by atoms with Gasteiger partial charge in [0.1, 0.15) is 5.75 Å². The minimum absolute atomic E-state index is 0.154. The van der Waals surface area contributed by atoms with Crippen LogP contribution in [0, 0.1) is 0 Å². The first-order valence-corrected chi connectivity index (χ1v) is 5.94. The first-order chi connectivity index (χ1) is 9.76. The molecule has 0 aliphatic heterocycles. The van der Waals surface area contributed by atoms with Crippen LogP contribution < -0.4 is 4.74 Å². The molecule has 0 fully saturated rings. The lowest BCUT2D eigenvalue weighted by molar-refractivity contribution is -0.352. The summed E-state index contributed by atoms with van der Waals surface area (Å²) in [7, 11) is 1.12. The number of methoxy groups -OCH3 is 1. The molecule has 0 saturated carbocycles. The molecule has 1 atom stereocenters. The first kappa shape index (κ1) is 18.5. The van der Waals surface area contributed by atoms with E-state index in [1.165, 1.54) is 18.2 Å². The van der Waals surface area contributed by atoms with Gasteiger partial charge in [0.15, 0.2) is 0 Å². The Labute approximate surface area is 121 Å². The number of hydrogen-bond donors (Lipinski definition) is 1. The molecule has 1 unspecified atom stereocenters. The zero-order valence-corrected chi connectivity index (χ0v) is 11.5. The van der Waals surface area contributed by atoms with Crippen LogP contribution in [0.25, 0.3) is 0 Å². The molecular formula is C13H13F7O2. The predicted octanol–water partition coefficient (Wildman–Crippen LogP) is 4.13. The fourth-order valence-electron chi connectivity index (χ4n) is 2.02. The summed E-state index contributed by atoms with van der Waals surface area (Å²) in [5.74, 6) is -0.154. The molecule has 0 aliphatic carbocycles. The Morgan fingerprint density at radius 1 is 0.955 bits per heavy atom. The maximum atomic E-state index is 13.8. The molecule has 0 spiro atoms. The molecule has 0 heterocycles. The van der Waals surface area contributed by atoms with Gasteiger partial charge in [0.05, 0.1) is 12.7 Å². The topological polar surface area (TPSA) is 29.5 Å². The van der Waals surface area contributed by atoms with E-state index in [9.17, 15) is 35.8 Å². The van der Waals surface area contributed by atoms with Crippen molar-refractivity contribution in [2.75, 3.05) is 7.11 Å². The number of aliphatic hydroxyl groups is 1. The Bertz CT molecular complexity index is 506. The van der Waals surface area contributed by atoms with Crippen molar-refractivity contribution >= 4 is 0 Å². The third kappa shape index (κ3) is 3.29. The standard InChI is InChI=1S/C13H13F7O2/c1-10(21,8-5-3-4-6-9(8)22-2)7-11(14,12(15,16)17)13(18,19)20/h3-6,21H,7H2,1-2H3. The highest BCUT2D eigenvalue weighted by molar-refractivity contribution is 5.38. The summed E-state index contributed by atoms with van der Waals surface area (Å²) in [6, 6.07) is 4.96. The van der Waals surface area contributed by atoms with E-state index >= 15 is 0 Å². The van der Waals surface area contributed by atoms with Gasteiger partial charge < -0.3 is 9.84 Å². The van der Waals surface area contributed by atoms with E-state index in [-0.39, 0.29) is 11.3 Å². The molecular weight excluding hydrogens is 321 g/mol. The average molecular weight is 334 g/mol. The van der Waals surface area contributed by atoms with Gasteiger partial charge >= 0.3 is 18.0 Å². The minimum Gasteiger partial charge on any atom is -0.496 e. The van der Waals surface area contributed by atoms with Gasteiger partial charge in [0.25, 0.3) is 0 Å². The molecule has 0 amide bonds. The molecule has 22 heavy (non-hydrogen) atoms. The van der Waals surface area contributed by atoms with Crippen LogP contribution >= 0.6 is 0 Å². The van der Waals surface area contributed by atoms with Crippen LogP contribution in [0.5, 0.6) is 5.75 Å². The zero-order valence-electron chi connectivity index (χ0n) is 11.5. The Balaban J connectivity index is 3.34. The number of hydrogen-bond acceptors (Lipinski definition) is 2. The van der Waals surface area contributed by atoms with Gasteiger partial charge in [-0.05, 0) is 13.0 Å². The summed E-state index contributed by atoms with van der Waals surface area (Å²) < 4.78 is 94.1. The Kier molecular flexibility index (Phi) is 4.72. The molecule has 1 N–H and O–H groups in total. The maximum Gasteiger partial charge on any atom is 0.431 e. The normalized spacial score (nSPS) is 16.3. The van der Waals surface area contributed by atoms with Crippen molar-refractivity contribution in [2.45, 2.75) is 37.0 Å².